The molecule has 0 unspecified atom stereocenters. The van der Waals surface area contributed by atoms with Gasteiger partial charge in [0.05, 0.1) is 0 Å². The lowest BCUT2D eigenvalue weighted by Crippen LogP contribution is -2.33. The Morgan fingerprint density at radius 3 is 2.32 bits per heavy atom. The van der Waals surface area contributed by atoms with Gasteiger partial charge >= 0.3 is 0 Å². The number of fused-ring (bicyclic) bond motifs is 1. The molecular weight excluding hydrogens is 460 g/mol. The van der Waals surface area contributed by atoms with Crippen LogP contribution in [0.5, 0.6) is 0 Å². The summed E-state index contributed by atoms with van der Waals surface area (Å²) in [4.78, 5) is 27.8. The van der Waals surface area contributed by atoms with Crippen LogP contribution in [0.4, 0.5) is 5.95 Å². The van der Waals surface area contributed by atoms with Crippen LogP contribution in [0.1, 0.15) is 81.3 Å². The first-order valence-electron chi connectivity index (χ1n) is 14.4. The zero-order chi connectivity index (χ0) is 25.9. The van der Waals surface area contributed by atoms with E-state index in [1.807, 2.05) is 23.1 Å². The summed E-state index contributed by atoms with van der Waals surface area (Å²) in [6.07, 6.45) is 9.16. The first-order chi connectivity index (χ1) is 18.2. The van der Waals surface area contributed by atoms with Crippen molar-refractivity contribution in [2.75, 3.05) is 38.0 Å². The molecule has 0 spiro atoms. The van der Waals surface area contributed by atoms with Crippen LogP contribution in [0.3, 0.4) is 0 Å². The molecule has 200 valence electrons. The molecule has 37 heavy (non-hydrogen) atoms. The van der Waals surface area contributed by atoms with Crippen molar-refractivity contribution < 1.29 is 4.79 Å². The molecule has 3 aromatic rings. The Hall–Kier alpha value is -2.93. The number of unbranched alkanes of at least 4 members (excludes halogenated alkanes) is 2. The molecule has 7 nitrogen and oxygen atoms in total. The Bertz CT molecular complexity index is 1100. The fourth-order valence-electron chi connectivity index (χ4n) is 5.05. The number of carbonyl (C=O) groups excluding carboxylic acids is 1. The smallest absolute Gasteiger partial charge is 0.272 e. The van der Waals surface area contributed by atoms with Crippen LogP contribution < -0.4 is 5.32 Å². The molecule has 1 aliphatic rings. The van der Waals surface area contributed by atoms with Crippen molar-refractivity contribution in [1.29, 1.82) is 0 Å². The second kappa shape index (κ2) is 14.1. The fraction of sp³-hybridized carbons (Fsp3) is 0.567. The van der Waals surface area contributed by atoms with E-state index in [9.17, 15) is 4.79 Å². The van der Waals surface area contributed by atoms with Crippen molar-refractivity contribution in [1.82, 2.24) is 24.3 Å². The van der Waals surface area contributed by atoms with E-state index in [-0.39, 0.29) is 5.91 Å². The summed E-state index contributed by atoms with van der Waals surface area (Å²) in [6.45, 7) is 10.9. The second-order valence-corrected chi connectivity index (χ2v) is 10.2. The number of pyridine rings is 1. The minimum absolute atomic E-state index is 0.0312. The predicted octanol–water partition coefficient (Wildman–Crippen LogP) is 5.96. The van der Waals surface area contributed by atoms with Gasteiger partial charge in [-0.3, -0.25) is 9.36 Å². The molecule has 1 fully saturated rings. The highest BCUT2D eigenvalue weighted by atomic mass is 16.2. The third-order valence-electron chi connectivity index (χ3n) is 7.26. The SMILES string of the molecule is CCCCN(CCCC)C(=O)c1ccc2nc(NCc3ccccc3)n(CCCN3CCCCC3)c2n1. The van der Waals surface area contributed by atoms with Gasteiger partial charge in [0.2, 0.25) is 5.95 Å². The van der Waals surface area contributed by atoms with Crippen molar-refractivity contribution in [3.63, 3.8) is 0 Å². The number of rotatable bonds is 14. The molecule has 1 aliphatic heterocycles. The zero-order valence-electron chi connectivity index (χ0n) is 22.8. The maximum atomic E-state index is 13.5. The minimum Gasteiger partial charge on any atom is -0.352 e. The van der Waals surface area contributed by atoms with E-state index in [4.69, 9.17) is 9.97 Å². The first-order valence-corrected chi connectivity index (χ1v) is 14.4. The van der Waals surface area contributed by atoms with E-state index in [2.05, 4.69) is 52.9 Å². The zero-order valence-corrected chi connectivity index (χ0v) is 22.8. The number of hydrogen-bond donors (Lipinski definition) is 1. The first kappa shape index (κ1) is 27.1. The summed E-state index contributed by atoms with van der Waals surface area (Å²) < 4.78 is 2.18. The van der Waals surface area contributed by atoms with E-state index < -0.39 is 0 Å². The lowest BCUT2D eigenvalue weighted by molar-refractivity contribution is 0.0745. The third-order valence-corrected chi connectivity index (χ3v) is 7.26. The molecule has 0 aliphatic carbocycles. The number of carbonyl (C=O) groups is 1. The number of hydrogen-bond acceptors (Lipinski definition) is 5. The number of aryl methyl sites for hydroxylation is 1. The molecule has 1 amide bonds. The highest BCUT2D eigenvalue weighted by Crippen LogP contribution is 2.21. The van der Waals surface area contributed by atoms with Gasteiger partial charge in [0.15, 0.2) is 5.65 Å². The Labute approximate surface area is 222 Å². The number of imidazole rings is 1. The van der Waals surface area contributed by atoms with Crippen molar-refractivity contribution >= 4 is 23.0 Å². The fourth-order valence-corrected chi connectivity index (χ4v) is 5.05. The lowest BCUT2D eigenvalue weighted by atomic mass is 10.1. The van der Waals surface area contributed by atoms with Crippen LogP contribution in [-0.2, 0) is 13.1 Å². The summed E-state index contributed by atoms with van der Waals surface area (Å²) in [5.41, 5.74) is 3.36. The van der Waals surface area contributed by atoms with Gasteiger partial charge < -0.3 is 15.1 Å². The summed E-state index contributed by atoms with van der Waals surface area (Å²) in [7, 11) is 0. The van der Waals surface area contributed by atoms with E-state index in [1.54, 1.807) is 0 Å². The van der Waals surface area contributed by atoms with E-state index in [0.717, 1.165) is 75.4 Å². The largest absolute Gasteiger partial charge is 0.352 e. The predicted molar refractivity (Wildman–Crippen MR) is 152 cm³/mol. The summed E-state index contributed by atoms with van der Waals surface area (Å²) in [6, 6.07) is 14.2. The third kappa shape index (κ3) is 7.54. The normalized spacial score (nSPS) is 14.2. The van der Waals surface area contributed by atoms with Crippen molar-refractivity contribution in [3.05, 3.63) is 53.7 Å². The van der Waals surface area contributed by atoms with Crippen LogP contribution in [0.15, 0.2) is 42.5 Å². The standard InChI is InChI=1S/C30H44N6O/c1-3-5-21-35(22-6-4-2)29(37)27-17-16-26-28(32-27)36(23-13-20-34-18-11-8-12-19-34)30(33-26)31-24-25-14-9-7-10-15-25/h7,9-10,14-17H,3-6,8,11-13,18-24H2,1-2H3,(H,31,33). The van der Waals surface area contributed by atoms with Gasteiger partial charge in [-0.25, -0.2) is 9.97 Å². The van der Waals surface area contributed by atoms with Crippen LogP contribution in [0, 0.1) is 0 Å². The molecule has 0 atom stereocenters. The lowest BCUT2D eigenvalue weighted by Gasteiger charge is -2.26. The highest BCUT2D eigenvalue weighted by Gasteiger charge is 2.20. The average molecular weight is 505 g/mol. The summed E-state index contributed by atoms with van der Waals surface area (Å²) in [5, 5.41) is 3.54. The Kier molecular flexibility index (Phi) is 10.4. The van der Waals surface area contributed by atoms with Gasteiger partial charge in [-0.1, -0.05) is 63.4 Å². The number of benzene rings is 1. The van der Waals surface area contributed by atoms with Gasteiger partial charge in [0.25, 0.3) is 5.91 Å². The molecule has 0 bridgehead atoms. The summed E-state index contributed by atoms with van der Waals surface area (Å²) in [5.74, 6) is 0.854. The molecule has 7 heteroatoms. The van der Waals surface area contributed by atoms with Gasteiger partial charge in [-0.2, -0.15) is 0 Å². The number of piperidine rings is 1. The number of aromatic nitrogens is 3. The summed E-state index contributed by atoms with van der Waals surface area (Å²) >= 11 is 0. The Morgan fingerprint density at radius 1 is 0.892 bits per heavy atom. The number of likely N-dealkylation sites (tertiary alicyclic amines) is 1. The topological polar surface area (TPSA) is 66.3 Å². The van der Waals surface area contributed by atoms with Crippen LogP contribution >= 0.6 is 0 Å². The molecular formula is C30H44N6O. The van der Waals surface area contributed by atoms with Crippen LogP contribution in [0.25, 0.3) is 11.2 Å². The number of anilines is 1. The molecule has 1 aromatic carbocycles. The van der Waals surface area contributed by atoms with E-state index >= 15 is 0 Å². The van der Waals surface area contributed by atoms with Crippen LogP contribution in [0.2, 0.25) is 0 Å². The molecule has 0 saturated carbocycles. The van der Waals surface area contributed by atoms with Gasteiger partial charge in [-0.15, -0.1) is 0 Å². The maximum Gasteiger partial charge on any atom is 0.272 e. The van der Waals surface area contributed by atoms with Crippen molar-refractivity contribution in [3.8, 4) is 0 Å². The maximum absolute atomic E-state index is 13.5. The molecule has 0 radical (unpaired) electrons. The van der Waals surface area contributed by atoms with Gasteiger partial charge in [0, 0.05) is 26.2 Å². The quantitative estimate of drug-likeness (QED) is 0.293. The number of amides is 1. The molecule has 4 rings (SSSR count). The van der Waals surface area contributed by atoms with Crippen LogP contribution in [-0.4, -0.2) is 63.0 Å². The Morgan fingerprint density at radius 2 is 1.62 bits per heavy atom. The Balaban J connectivity index is 1.57. The van der Waals surface area contributed by atoms with Gasteiger partial charge in [0.1, 0.15) is 11.2 Å². The average Bonchev–Trinajstić information content (AvgIpc) is 3.29. The second-order valence-electron chi connectivity index (χ2n) is 10.2. The van der Waals surface area contributed by atoms with Gasteiger partial charge in [-0.05, 0) is 69.4 Å². The van der Waals surface area contributed by atoms with Crippen molar-refractivity contribution in [2.24, 2.45) is 0 Å². The molecule has 1 saturated heterocycles. The number of nitrogens with one attached hydrogen (secondary N) is 1. The minimum atomic E-state index is 0.0312. The van der Waals surface area contributed by atoms with Crippen molar-refractivity contribution in [2.45, 2.75) is 78.3 Å². The van der Waals surface area contributed by atoms with E-state index in [1.165, 1.54) is 37.9 Å². The number of nitrogens with zero attached hydrogens (tertiary/aromatic N) is 5. The monoisotopic (exact) mass is 504 g/mol. The molecule has 3 heterocycles. The van der Waals surface area contributed by atoms with E-state index in [0.29, 0.717) is 12.2 Å². The highest BCUT2D eigenvalue weighted by molar-refractivity contribution is 5.94. The molecule has 2 aromatic heterocycles. The molecule has 1 N–H and O–H groups in total.